The molecule has 3 rings (SSSR count). The van der Waals surface area contributed by atoms with Gasteiger partial charge in [0, 0.05) is 5.56 Å². The molecule has 0 fully saturated rings. The minimum atomic E-state index is -0.391. The van der Waals surface area contributed by atoms with E-state index in [1.54, 1.807) is 48.5 Å². The molecule has 0 aliphatic carbocycles. The van der Waals surface area contributed by atoms with Crippen molar-refractivity contribution in [3.05, 3.63) is 65.2 Å². The molecule has 1 heterocycles. The number of rotatable bonds is 4. The first-order chi connectivity index (χ1) is 11.7. The Labute approximate surface area is 139 Å². The maximum absolute atomic E-state index is 12.3. The summed E-state index contributed by atoms with van der Waals surface area (Å²) in [6, 6.07) is 11.9. The number of carbonyl (C=O) groups excluding carboxylic acids is 2. The average Bonchev–Trinajstić information content (AvgIpc) is 2.65. The van der Waals surface area contributed by atoms with E-state index < -0.39 is 5.97 Å². The normalized spacial score (nSPS) is 12.9. The van der Waals surface area contributed by atoms with Crippen LogP contribution in [0, 0.1) is 0 Å². The molecule has 0 aromatic heterocycles. The van der Waals surface area contributed by atoms with E-state index in [0.717, 1.165) is 5.56 Å². The van der Waals surface area contributed by atoms with Gasteiger partial charge in [0.25, 0.3) is 0 Å². The number of ketones is 1. The van der Waals surface area contributed by atoms with Crippen LogP contribution in [0.3, 0.4) is 0 Å². The van der Waals surface area contributed by atoms with Crippen molar-refractivity contribution >= 4 is 17.8 Å². The molecule has 0 spiro atoms. The summed E-state index contributed by atoms with van der Waals surface area (Å²) in [6.07, 6.45) is 3.18. The second-order valence-corrected chi connectivity index (χ2v) is 5.17. The highest BCUT2D eigenvalue weighted by molar-refractivity contribution is 6.07. The summed E-state index contributed by atoms with van der Waals surface area (Å²) in [7, 11) is 1.34. The Hall–Kier alpha value is -3.08. The molecule has 122 valence electrons. The fraction of sp³-hybridized carbons (Fsp3) is 0.158. The Balaban J connectivity index is 1.72. The van der Waals surface area contributed by atoms with Gasteiger partial charge in [-0.05, 0) is 42.0 Å². The monoisotopic (exact) mass is 324 g/mol. The summed E-state index contributed by atoms with van der Waals surface area (Å²) < 4.78 is 15.6. The highest BCUT2D eigenvalue weighted by atomic mass is 16.6. The standard InChI is InChI=1S/C19H16O5/c1-22-19(21)14-5-2-13(3-6-14)4-8-16(20)15-7-9-17-18(12-15)24-11-10-23-17/h2-9,12H,10-11H2,1H3/b8-4+. The SMILES string of the molecule is COC(=O)c1ccc(/C=C/C(=O)c2ccc3c(c2)OCCO3)cc1. The molecule has 0 atom stereocenters. The predicted molar refractivity (Wildman–Crippen MR) is 88.6 cm³/mol. The highest BCUT2D eigenvalue weighted by Crippen LogP contribution is 2.30. The van der Waals surface area contributed by atoms with Crippen LogP contribution in [-0.4, -0.2) is 32.1 Å². The Morgan fingerprint density at radius 2 is 1.62 bits per heavy atom. The molecular weight excluding hydrogens is 308 g/mol. The molecule has 2 aromatic rings. The fourth-order valence-corrected chi connectivity index (χ4v) is 2.31. The van der Waals surface area contributed by atoms with Gasteiger partial charge >= 0.3 is 5.97 Å². The van der Waals surface area contributed by atoms with Crippen LogP contribution in [0.4, 0.5) is 0 Å². The number of fused-ring (bicyclic) bond motifs is 1. The molecule has 0 amide bonds. The minimum Gasteiger partial charge on any atom is -0.486 e. The van der Waals surface area contributed by atoms with Crippen LogP contribution in [0.2, 0.25) is 0 Å². The summed E-state index contributed by atoms with van der Waals surface area (Å²) in [5.74, 6) is 0.713. The third-order valence-electron chi connectivity index (χ3n) is 3.59. The molecule has 1 aliphatic heterocycles. The van der Waals surface area contributed by atoms with Crippen molar-refractivity contribution in [3.63, 3.8) is 0 Å². The average molecular weight is 324 g/mol. The van der Waals surface area contributed by atoms with Crippen molar-refractivity contribution in [1.82, 2.24) is 0 Å². The van der Waals surface area contributed by atoms with E-state index >= 15 is 0 Å². The topological polar surface area (TPSA) is 61.8 Å². The van der Waals surface area contributed by atoms with E-state index in [1.165, 1.54) is 13.2 Å². The predicted octanol–water partition coefficient (Wildman–Crippen LogP) is 3.14. The third kappa shape index (κ3) is 3.46. The van der Waals surface area contributed by atoms with Crippen LogP contribution >= 0.6 is 0 Å². The van der Waals surface area contributed by atoms with E-state index in [0.29, 0.717) is 35.8 Å². The number of hydrogen-bond donors (Lipinski definition) is 0. The zero-order valence-electron chi connectivity index (χ0n) is 13.2. The molecule has 0 bridgehead atoms. The molecule has 2 aromatic carbocycles. The second-order valence-electron chi connectivity index (χ2n) is 5.17. The molecule has 0 saturated heterocycles. The van der Waals surface area contributed by atoms with E-state index in [2.05, 4.69) is 4.74 Å². The number of hydrogen-bond acceptors (Lipinski definition) is 5. The van der Waals surface area contributed by atoms with E-state index in [1.807, 2.05) is 0 Å². The number of ether oxygens (including phenoxy) is 3. The highest BCUT2D eigenvalue weighted by Gasteiger charge is 2.13. The Bertz CT molecular complexity index is 790. The zero-order valence-corrected chi connectivity index (χ0v) is 13.2. The van der Waals surface area contributed by atoms with Gasteiger partial charge in [-0.3, -0.25) is 4.79 Å². The molecule has 0 radical (unpaired) electrons. The number of methoxy groups -OCH3 is 1. The van der Waals surface area contributed by atoms with Crippen molar-refractivity contribution in [3.8, 4) is 11.5 Å². The van der Waals surface area contributed by atoms with Gasteiger partial charge in [-0.15, -0.1) is 0 Å². The summed E-state index contributed by atoms with van der Waals surface area (Å²) in [5.41, 5.74) is 1.81. The Morgan fingerprint density at radius 1 is 0.958 bits per heavy atom. The minimum absolute atomic E-state index is 0.135. The Morgan fingerprint density at radius 3 is 2.33 bits per heavy atom. The van der Waals surface area contributed by atoms with Crippen LogP contribution in [0.25, 0.3) is 6.08 Å². The van der Waals surface area contributed by atoms with E-state index in [-0.39, 0.29) is 5.78 Å². The summed E-state index contributed by atoms with van der Waals surface area (Å²) in [5, 5.41) is 0. The first-order valence-corrected chi connectivity index (χ1v) is 7.48. The Kier molecular flexibility index (Phi) is 4.61. The lowest BCUT2D eigenvalue weighted by Crippen LogP contribution is -2.15. The molecule has 0 N–H and O–H groups in total. The largest absolute Gasteiger partial charge is 0.486 e. The van der Waals surface area contributed by atoms with Crippen LogP contribution in [0.1, 0.15) is 26.3 Å². The van der Waals surface area contributed by atoms with Crippen molar-refractivity contribution in [2.24, 2.45) is 0 Å². The van der Waals surface area contributed by atoms with Crippen LogP contribution in [0.5, 0.6) is 11.5 Å². The lowest BCUT2D eigenvalue weighted by Gasteiger charge is -2.18. The van der Waals surface area contributed by atoms with E-state index in [4.69, 9.17) is 9.47 Å². The van der Waals surface area contributed by atoms with Gasteiger partial charge in [0.15, 0.2) is 17.3 Å². The molecule has 0 unspecified atom stereocenters. The quantitative estimate of drug-likeness (QED) is 0.491. The van der Waals surface area contributed by atoms with Crippen molar-refractivity contribution in [1.29, 1.82) is 0 Å². The zero-order chi connectivity index (χ0) is 16.9. The summed E-state index contributed by atoms with van der Waals surface area (Å²) >= 11 is 0. The number of benzene rings is 2. The van der Waals surface area contributed by atoms with Gasteiger partial charge in [0.2, 0.25) is 0 Å². The molecule has 24 heavy (non-hydrogen) atoms. The van der Waals surface area contributed by atoms with E-state index in [9.17, 15) is 9.59 Å². The smallest absolute Gasteiger partial charge is 0.337 e. The van der Waals surface area contributed by atoms with Crippen molar-refractivity contribution < 1.29 is 23.8 Å². The summed E-state index contributed by atoms with van der Waals surface area (Å²) in [6.45, 7) is 0.995. The maximum atomic E-state index is 12.3. The van der Waals surface area contributed by atoms with Crippen LogP contribution < -0.4 is 9.47 Å². The van der Waals surface area contributed by atoms with Gasteiger partial charge in [-0.2, -0.15) is 0 Å². The summed E-state index contributed by atoms with van der Waals surface area (Å²) in [4.78, 5) is 23.6. The first kappa shape index (κ1) is 15.8. The maximum Gasteiger partial charge on any atom is 0.337 e. The molecule has 0 saturated carbocycles. The van der Waals surface area contributed by atoms with Gasteiger partial charge < -0.3 is 14.2 Å². The van der Waals surface area contributed by atoms with Gasteiger partial charge in [0.1, 0.15) is 13.2 Å². The number of allylic oxidation sites excluding steroid dienone is 1. The lowest BCUT2D eigenvalue weighted by atomic mass is 10.1. The first-order valence-electron chi connectivity index (χ1n) is 7.48. The van der Waals surface area contributed by atoms with Gasteiger partial charge in [0.05, 0.1) is 12.7 Å². The third-order valence-corrected chi connectivity index (χ3v) is 3.59. The lowest BCUT2D eigenvalue weighted by molar-refractivity contribution is 0.0600. The molecule has 5 heteroatoms. The number of esters is 1. The molecule has 5 nitrogen and oxygen atoms in total. The van der Waals surface area contributed by atoms with Crippen LogP contribution in [-0.2, 0) is 4.74 Å². The molecule has 1 aliphatic rings. The van der Waals surface area contributed by atoms with Gasteiger partial charge in [-0.1, -0.05) is 18.2 Å². The number of carbonyl (C=O) groups is 2. The fourth-order valence-electron chi connectivity index (χ4n) is 2.31. The van der Waals surface area contributed by atoms with Crippen LogP contribution in [0.15, 0.2) is 48.5 Å². The van der Waals surface area contributed by atoms with Gasteiger partial charge in [-0.25, -0.2) is 4.79 Å². The second kappa shape index (κ2) is 7.00. The van der Waals surface area contributed by atoms with Crippen molar-refractivity contribution in [2.45, 2.75) is 0 Å². The van der Waals surface area contributed by atoms with Crippen molar-refractivity contribution in [2.75, 3.05) is 20.3 Å². The molecular formula is C19H16O5.